The van der Waals surface area contributed by atoms with Gasteiger partial charge in [0.05, 0.1) is 16.7 Å². The first-order valence-electron chi connectivity index (χ1n) is 18.8. The van der Waals surface area contributed by atoms with Crippen LogP contribution in [0.1, 0.15) is 11.0 Å². The lowest BCUT2D eigenvalue weighted by molar-refractivity contribution is 1.30. The van der Waals surface area contributed by atoms with E-state index in [2.05, 4.69) is 0 Å². The molecular weight excluding hydrogens is 542 g/mol. The summed E-state index contributed by atoms with van der Waals surface area (Å²) in [5.41, 5.74) is 2.96. The lowest BCUT2D eigenvalue weighted by Gasteiger charge is -2.27. The molecule has 0 saturated carbocycles. The van der Waals surface area contributed by atoms with Crippen molar-refractivity contribution in [1.29, 1.82) is 0 Å². The Balaban J connectivity index is 1.47. The number of fused-ring (bicyclic) bond motifs is 2. The first-order chi connectivity index (χ1) is 25.7. The molecule has 8 rings (SSSR count). The highest BCUT2D eigenvalue weighted by Crippen LogP contribution is 2.42. The Hall–Kier alpha value is -5.92. The van der Waals surface area contributed by atoms with E-state index in [1.54, 1.807) is 36.4 Å². The Morgan fingerprint density at radius 1 is 0.356 bits per heavy atom. The molecule has 0 aliphatic carbocycles. The molecule has 0 bridgehead atoms. The van der Waals surface area contributed by atoms with Crippen LogP contribution >= 0.6 is 0 Å². The summed E-state index contributed by atoms with van der Waals surface area (Å²) < 4.78 is 75.4. The van der Waals surface area contributed by atoms with E-state index in [1.165, 1.54) is 4.90 Å². The SMILES string of the molecule is [2H]c1c([2H])c(N(c2c([2H])c([2H])c(-c3c(-c4ccccc4)ccc4ccccc34)c([2H])c2[2H])c2cccc3ccccc23)c([2H])c([2H])c1-c1ccccc1. The zero-order valence-corrected chi connectivity index (χ0v) is 24.2. The second-order valence-corrected chi connectivity index (χ2v) is 10.7. The molecule has 0 aliphatic heterocycles. The molecule has 0 unspecified atom stereocenters. The highest BCUT2D eigenvalue weighted by molar-refractivity contribution is 6.05. The zero-order valence-electron chi connectivity index (χ0n) is 32.2. The molecule has 0 fully saturated rings. The van der Waals surface area contributed by atoms with E-state index in [0.717, 1.165) is 27.3 Å². The Morgan fingerprint density at radius 3 is 1.53 bits per heavy atom. The van der Waals surface area contributed by atoms with Crippen molar-refractivity contribution in [3.8, 4) is 33.4 Å². The molecule has 45 heavy (non-hydrogen) atoms. The van der Waals surface area contributed by atoms with Gasteiger partial charge in [-0.15, -0.1) is 0 Å². The van der Waals surface area contributed by atoms with Gasteiger partial charge in [0.2, 0.25) is 0 Å². The van der Waals surface area contributed by atoms with Crippen LogP contribution in [0.3, 0.4) is 0 Å². The van der Waals surface area contributed by atoms with Crippen LogP contribution in [0, 0.1) is 0 Å². The third kappa shape index (κ3) is 5.05. The van der Waals surface area contributed by atoms with Gasteiger partial charge in [-0.05, 0) is 79.8 Å². The summed E-state index contributed by atoms with van der Waals surface area (Å²) in [5.74, 6) is 0. The lowest BCUT2D eigenvalue weighted by Crippen LogP contribution is -2.10. The van der Waals surface area contributed by atoms with Crippen molar-refractivity contribution in [2.24, 2.45) is 0 Å². The summed E-state index contributed by atoms with van der Waals surface area (Å²) in [4.78, 5) is 1.38. The average Bonchev–Trinajstić information content (AvgIpc) is 3.19. The van der Waals surface area contributed by atoms with E-state index in [-0.39, 0.29) is 70.8 Å². The van der Waals surface area contributed by atoms with E-state index >= 15 is 0 Å². The van der Waals surface area contributed by atoms with E-state index in [1.807, 2.05) is 103 Å². The predicted octanol–water partition coefficient (Wildman–Crippen LogP) is 12.5. The molecule has 0 heterocycles. The molecule has 8 aromatic rings. The summed E-state index contributed by atoms with van der Waals surface area (Å²) in [6.07, 6.45) is 0. The monoisotopic (exact) mass is 581 g/mol. The van der Waals surface area contributed by atoms with Gasteiger partial charge in [0.25, 0.3) is 0 Å². The first kappa shape index (κ1) is 19.4. The van der Waals surface area contributed by atoms with Crippen molar-refractivity contribution in [3.63, 3.8) is 0 Å². The molecule has 212 valence electrons. The summed E-state index contributed by atoms with van der Waals surface area (Å²) in [6, 6.07) is 40.2. The molecule has 0 saturated heterocycles. The highest BCUT2D eigenvalue weighted by Gasteiger charge is 2.17. The summed E-state index contributed by atoms with van der Waals surface area (Å²) in [6.45, 7) is 0. The van der Waals surface area contributed by atoms with Crippen LogP contribution in [0.4, 0.5) is 17.1 Å². The molecule has 0 aromatic heterocycles. The van der Waals surface area contributed by atoms with Crippen molar-refractivity contribution in [2.45, 2.75) is 0 Å². The van der Waals surface area contributed by atoms with Gasteiger partial charge < -0.3 is 4.90 Å². The maximum absolute atomic E-state index is 9.62. The standard InChI is InChI=1S/C44H31N/c1-3-12-32(13-4-1)33-22-27-38(28-23-33)45(43-21-11-18-34-16-7-9-19-40(34)43)39-29-24-37(25-30-39)44-41-20-10-8-17-36(41)26-31-42(44)35-14-5-2-6-15-35/h1-31H/i22D,23D,24D,25D,27D,28D,29D,30D. The number of rotatable bonds is 6. The van der Waals surface area contributed by atoms with Crippen LogP contribution < -0.4 is 4.90 Å². The molecule has 1 heteroatoms. The van der Waals surface area contributed by atoms with Crippen molar-refractivity contribution < 1.29 is 11.0 Å². The van der Waals surface area contributed by atoms with Gasteiger partial charge in [0.1, 0.15) is 0 Å². The minimum absolute atomic E-state index is 0.122. The first-order valence-corrected chi connectivity index (χ1v) is 14.8. The fourth-order valence-electron chi connectivity index (χ4n) is 5.86. The number of nitrogens with zero attached hydrogens (tertiary/aromatic N) is 1. The molecule has 0 atom stereocenters. The van der Waals surface area contributed by atoms with Gasteiger partial charge >= 0.3 is 0 Å². The molecule has 0 radical (unpaired) electrons. The van der Waals surface area contributed by atoms with E-state index in [4.69, 9.17) is 2.74 Å². The van der Waals surface area contributed by atoms with Crippen molar-refractivity contribution in [3.05, 3.63) is 188 Å². The number of hydrogen-bond acceptors (Lipinski definition) is 1. The third-order valence-electron chi connectivity index (χ3n) is 8.00. The van der Waals surface area contributed by atoms with Crippen molar-refractivity contribution in [1.82, 2.24) is 0 Å². The third-order valence-corrected chi connectivity index (χ3v) is 8.00. The van der Waals surface area contributed by atoms with E-state index < -0.39 is 0 Å². The van der Waals surface area contributed by atoms with Crippen LogP contribution in [0.25, 0.3) is 54.9 Å². The topological polar surface area (TPSA) is 3.24 Å². The number of anilines is 3. The van der Waals surface area contributed by atoms with Gasteiger partial charge in [-0.25, -0.2) is 0 Å². The van der Waals surface area contributed by atoms with Gasteiger partial charge in [-0.2, -0.15) is 0 Å². The minimum atomic E-state index is -0.384. The summed E-state index contributed by atoms with van der Waals surface area (Å²) in [7, 11) is 0. The van der Waals surface area contributed by atoms with Crippen LogP contribution in [-0.2, 0) is 0 Å². The molecule has 8 aromatic carbocycles. The lowest BCUT2D eigenvalue weighted by atomic mass is 9.89. The van der Waals surface area contributed by atoms with Crippen LogP contribution in [0.2, 0.25) is 0 Å². The molecule has 1 nitrogen and oxygen atoms in total. The maximum Gasteiger partial charge on any atom is 0.0645 e. The smallest absolute Gasteiger partial charge is 0.0645 e. The van der Waals surface area contributed by atoms with Crippen LogP contribution in [0.15, 0.2) is 188 Å². The van der Waals surface area contributed by atoms with E-state index in [9.17, 15) is 8.22 Å². The minimum Gasteiger partial charge on any atom is -0.310 e. The molecule has 0 aliphatic rings. The molecular formula is C44H31N. The molecule has 0 N–H and O–H groups in total. The quantitative estimate of drug-likeness (QED) is 0.189. The second-order valence-electron chi connectivity index (χ2n) is 10.7. The number of hydrogen-bond donors (Lipinski definition) is 0. The Kier molecular flexibility index (Phi) is 5.01. The van der Waals surface area contributed by atoms with Gasteiger partial charge in [-0.1, -0.05) is 158 Å². The Bertz CT molecular complexity index is 2650. The fraction of sp³-hybridized carbons (Fsp3) is 0. The Labute approximate surface area is 275 Å². The summed E-state index contributed by atoms with van der Waals surface area (Å²) >= 11 is 0. The van der Waals surface area contributed by atoms with Crippen molar-refractivity contribution in [2.75, 3.05) is 4.90 Å². The van der Waals surface area contributed by atoms with Crippen molar-refractivity contribution >= 4 is 38.6 Å². The van der Waals surface area contributed by atoms with Gasteiger partial charge in [0.15, 0.2) is 0 Å². The zero-order chi connectivity index (χ0) is 37.0. The largest absolute Gasteiger partial charge is 0.310 e. The average molecular weight is 582 g/mol. The van der Waals surface area contributed by atoms with Crippen LogP contribution in [-0.4, -0.2) is 0 Å². The Morgan fingerprint density at radius 2 is 0.867 bits per heavy atom. The normalized spacial score (nSPS) is 13.6. The summed E-state index contributed by atoms with van der Waals surface area (Å²) in [5, 5.41) is 3.12. The molecule has 0 spiro atoms. The maximum atomic E-state index is 9.62. The number of benzene rings is 8. The predicted molar refractivity (Wildman–Crippen MR) is 192 cm³/mol. The van der Waals surface area contributed by atoms with E-state index in [0.29, 0.717) is 22.2 Å². The van der Waals surface area contributed by atoms with Crippen LogP contribution in [0.5, 0.6) is 0 Å². The highest BCUT2D eigenvalue weighted by atomic mass is 15.1. The second kappa shape index (κ2) is 11.6. The van der Waals surface area contributed by atoms with Gasteiger partial charge in [0, 0.05) is 16.8 Å². The molecule has 0 amide bonds. The van der Waals surface area contributed by atoms with Gasteiger partial charge in [-0.3, -0.25) is 0 Å². The fourth-order valence-corrected chi connectivity index (χ4v) is 5.86.